The number of hydrogen-bond donors (Lipinski definition) is 1. The van der Waals surface area contributed by atoms with Crippen molar-refractivity contribution in [2.75, 3.05) is 26.4 Å². The van der Waals surface area contributed by atoms with Gasteiger partial charge in [0.15, 0.2) is 0 Å². The number of aliphatic hydroxyl groups excluding tert-OH is 1. The minimum Gasteiger partial charge on any atom is -0.491 e. The number of aryl methyl sites for hydroxylation is 3. The Kier molecular flexibility index (Phi) is 20.6. The van der Waals surface area contributed by atoms with Crippen LogP contribution >= 0.6 is 0 Å². The van der Waals surface area contributed by atoms with E-state index in [1.807, 2.05) is 39.8 Å². The highest BCUT2D eigenvalue weighted by Gasteiger charge is 2.12. The van der Waals surface area contributed by atoms with Crippen molar-refractivity contribution < 1.29 is 24.1 Å². The van der Waals surface area contributed by atoms with E-state index in [0.29, 0.717) is 30.3 Å². The second-order valence-corrected chi connectivity index (χ2v) is 10.8. The molecule has 5 heteroatoms. The zero-order valence-electron chi connectivity index (χ0n) is 29.5. The van der Waals surface area contributed by atoms with E-state index in [9.17, 15) is 4.79 Å². The van der Waals surface area contributed by atoms with Gasteiger partial charge in [-0.1, -0.05) is 100 Å². The lowest BCUT2D eigenvalue weighted by molar-refractivity contribution is 0.0704. The Morgan fingerprint density at radius 3 is 1.89 bits per heavy atom. The summed E-state index contributed by atoms with van der Waals surface area (Å²) in [4.78, 5) is 12.6. The Morgan fingerprint density at radius 2 is 1.38 bits per heavy atom. The van der Waals surface area contributed by atoms with Gasteiger partial charge in [0.25, 0.3) is 0 Å². The van der Waals surface area contributed by atoms with Gasteiger partial charge < -0.3 is 19.3 Å². The van der Waals surface area contributed by atoms with Gasteiger partial charge >= 0.3 is 5.97 Å². The number of ether oxygens (including phenoxy) is 3. The highest BCUT2D eigenvalue weighted by Crippen LogP contribution is 2.29. The molecule has 0 unspecified atom stereocenters. The molecule has 4 rings (SSSR count). The van der Waals surface area contributed by atoms with Crippen LogP contribution in [0.15, 0.2) is 110 Å². The zero-order chi connectivity index (χ0) is 35.0. The lowest BCUT2D eigenvalue weighted by Crippen LogP contribution is -2.10. The van der Waals surface area contributed by atoms with Crippen molar-refractivity contribution in [2.45, 2.75) is 61.3 Å². The quantitative estimate of drug-likeness (QED) is 0.0724. The van der Waals surface area contributed by atoms with E-state index >= 15 is 0 Å². The summed E-state index contributed by atoms with van der Waals surface area (Å²) in [5.41, 5.74) is 8.54. The van der Waals surface area contributed by atoms with Crippen LogP contribution in [0.4, 0.5) is 0 Å². The molecule has 0 bridgehead atoms. The standard InChI is InChI=1S/C28H30O5.C8H10.C4H8.C2H6/c1-3-5-21-6-8-23(9-7-21)25-12-15-27(22(4-2)20-25)33-28(30)24-10-13-26(14-11-24)32-19-18-31-17-16-29;1-7-5-3-4-6-8(7)2;1-4(2)3;1-2/h4,6-15,20,29H,2-3,5,16-19H2,1H3;3-6H,1-2H3;1H2,2-3H3;1-2H3. The van der Waals surface area contributed by atoms with Gasteiger partial charge in [-0.05, 0) is 98.3 Å². The molecule has 0 fully saturated rings. The van der Waals surface area contributed by atoms with Crippen molar-refractivity contribution in [3.63, 3.8) is 0 Å². The van der Waals surface area contributed by atoms with E-state index in [2.05, 4.69) is 82.5 Å². The Morgan fingerprint density at radius 1 is 0.809 bits per heavy atom. The van der Waals surface area contributed by atoms with Crippen LogP contribution < -0.4 is 9.47 Å². The van der Waals surface area contributed by atoms with Gasteiger partial charge in [-0.3, -0.25) is 0 Å². The lowest BCUT2D eigenvalue weighted by atomic mass is 10.00. The molecule has 0 aliphatic carbocycles. The molecule has 1 N–H and O–H groups in total. The number of carbonyl (C=O) groups excluding carboxylic acids is 1. The fourth-order valence-corrected chi connectivity index (χ4v) is 4.03. The fraction of sp³-hybridized carbons (Fsp3) is 0.310. The summed E-state index contributed by atoms with van der Waals surface area (Å²) in [6.07, 6.45) is 3.88. The molecule has 0 spiro atoms. The molecule has 0 aliphatic rings. The largest absolute Gasteiger partial charge is 0.491 e. The third-order valence-electron chi connectivity index (χ3n) is 6.51. The molecule has 0 saturated carbocycles. The van der Waals surface area contributed by atoms with Gasteiger partial charge in [0.1, 0.15) is 18.1 Å². The Bertz CT molecular complexity index is 1450. The summed E-state index contributed by atoms with van der Waals surface area (Å²) in [6.45, 7) is 22.8. The molecular formula is C42H54O5. The van der Waals surface area contributed by atoms with Crippen molar-refractivity contribution >= 4 is 12.0 Å². The molecule has 0 heterocycles. The van der Waals surface area contributed by atoms with E-state index in [0.717, 1.165) is 29.5 Å². The highest BCUT2D eigenvalue weighted by molar-refractivity contribution is 5.91. The van der Waals surface area contributed by atoms with Crippen molar-refractivity contribution in [3.05, 3.63) is 138 Å². The van der Waals surface area contributed by atoms with Crippen LogP contribution in [0.5, 0.6) is 11.5 Å². The lowest BCUT2D eigenvalue weighted by Gasteiger charge is -2.11. The maximum absolute atomic E-state index is 12.6. The van der Waals surface area contributed by atoms with E-state index in [4.69, 9.17) is 19.3 Å². The molecule has 0 aromatic heterocycles. The number of esters is 1. The van der Waals surface area contributed by atoms with Crippen LogP contribution in [-0.2, 0) is 11.2 Å². The first-order valence-corrected chi connectivity index (χ1v) is 16.3. The summed E-state index contributed by atoms with van der Waals surface area (Å²) in [5, 5.41) is 8.68. The van der Waals surface area contributed by atoms with Gasteiger partial charge in [0.05, 0.1) is 25.4 Å². The van der Waals surface area contributed by atoms with Crippen LogP contribution in [0.3, 0.4) is 0 Å². The molecule has 4 aromatic carbocycles. The first kappa shape index (κ1) is 40.6. The number of carbonyl (C=O) groups is 1. The molecule has 0 amide bonds. The van der Waals surface area contributed by atoms with Crippen molar-refractivity contribution in [2.24, 2.45) is 0 Å². The SMILES string of the molecule is C=C(C)C.C=Cc1cc(-c2ccc(CCC)cc2)ccc1OC(=O)c1ccc(OCCOCCO)cc1.CC.Cc1ccccc1C. The van der Waals surface area contributed by atoms with Crippen LogP contribution in [0, 0.1) is 13.8 Å². The average Bonchev–Trinajstić information content (AvgIpc) is 3.08. The fourth-order valence-electron chi connectivity index (χ4n) is 4.03. The third kappa shape index (κ3) is 16.1. The Balaban J connectivity index is 0.000000657. The number of rotatable bonds is 12. The molecule has 0 radical (unpaired) electrons. The molecule has 0 aliphatic heterocycles. The van der Waals surface area contributed by atoms with Crippen molar-refractivity contribution in [1.82, 2.24) is 0 Å². The predicted octanol–water partition coefficient (Wildman–Crippen LogP) is 10.5. The average molecular weight is 639 g/mol. The highest BCUT2D eigenvalue weighted by atomic mass is 16.5. The van der Waals surface area contributed by atoms with Crippen LogP contribution in [-0.4, -0.2) is 37.5 Å². The molecule has 47 heavy (non-hydrogen) atoms. The summed E-state index contributed by atoms with van der Waals surface area (Å²) in [7, 11) is 0. The van der Waals surface area contributed by atoms with Crippen molar-refractivity contribution in [1.29, 1.82) is 0 Å². The molecule has 5 nitrogen and oxygen atoms in total. The van der Waals surface area contributed by atoms with E-state index in [1.165, 1.54) is 22.3 Å². The smallest absolute Gasteiger partial charge is 0.343 e. The van der Waals surface area contributed by atoms with E-state index in [-0.39, 0.29) is 13.2 Å². The molecule has 0 saturated heterocycles. The molecule has 252 valence electrons. The van der Waals surface area contributed by atoms with Gasteiger partial charge in [-0.2, -0.15) is 0 Å². The third-order valence-corrected chi connectivity index (χ3v) is 6.51. The topological polar surface area (TPSA) is 65.0 Å². The maximum atomic E-state index is 12.6. The minimum absolute atomic E-state index is 0.0146. The van der Waals surface area contributed by atoms with Crippen LogP contribution in [0.25, 0.3) is 17.2 Å². The second kappa shape index (κ2) is 23.8. The van der Waals surface area contributed by atoms with E-state index < -0.39 is 5.97 Å². The predicted molar refractivity (Wildman–Crippen MR) is 199 cm³/mol. The van der Waals surface area contributed by atoms with Crippen molar-refractivity contribution in [3.8, 4) is 22.6 Å². The first-order valence-electron chi connectivity index (χ1n) is 16.3. The summed E-state index contributed by atoms with van der Waals surface area (Å²) in [6, 6.07) is 29.3. The molecule has 4 aromatic rings. The maximum Gasteiger partial charge on any atom is 0.343 e. The monoisotopic (exact) mass is 638 g/mol. The molecule has 0 atom stereocenters. The van der Waals surface area contributed by atoms with Gasteiger partial charge in [-0.25, -0.2) is 4.79 Å². The summed E-state index contributed by atoms with van der Waals surface area (Å²) in [5.74, 6) is 0.635. The minimum atomic E-state index is -0.451. The number of hydrogen-bond acceptors (Lipinski definition) is 5. The van der Waals surface area contributed by atoms with E-state index in [1.54, 1.807) is 36.4 Å². The first-order chi connectivity index (χ1) is 22.7. The van der Waals surface area contributed by atoms with Gasteiger partial charge in [0.2, 0.25) is 0 Å². The van der Waals surface area contributed by atoms with Crippen LogP contribution in [0.2, 0.25) is 0 Å². The number of benzene rings is 4. The van der Waals surface area contributed by atoms with Gasteiger partial charge in [-0.15, -0.1) is 6.58 Å². The second-order valence-electron chi connectivity index (χ2n) is 10.8. The Hall–Kier alpha value is -4.45. The normalized spacial score (nSPS) is 9.70. The summed E-state index contributed by atoms with van der Waals surface area (Å²) >= 11 is 0. The van der Waals surface area contributed by atoms with Gasteiger partial charge in [0, 0.05) is 5.56 Å². The van der Waals surface area contributed by atoms with Crippen LogP contribution in [0.1, 0.15) is 73.7 Å². The zero-order valence-corrected chi connectivity index (χ0v) is 29.5. The number of aliphatic hydroxyl groups is 1. The Labute approximate surface area is 283 Å². The summed E-state index contributed by atoms with van der Waals surface area (Å²) < 4.78 is 16.3. The molecular weight excluding hydrogens is 584 g/mol. The number of allylic oxidation sites excluding steroid dienone is 1.